The van der Waals surface area contributed by atoms with Gasteiger partial charge < -0.3 is 15.8 Å². The molecular weight excluding hydrogens is 316 g/mol. The zero-order chi connectivity index (χ0) is 14.7. The van der Waals surface area contributed by atoms with Gasteiger partial charge in [0.2, 0.25) is 0 Å². The lowest BCUT2D eigenvalue weighted by atomic mass is 10.2. The first-order valence-electron chi connectivity index (χ1n) is 5.56. The number of hydrogen-bond donors (Lipinski definition) is 2. The molecule has 2 aromatic rings. The lowest BCUT2D eigenvalue weighted by molar-refractivity contribution is 0.103. The molecule has 1 aromatic carbocycles. The van der Waals surface area contributed by atoms with Gasteiger partial charge in [-0.3, -0.25) is 4.79 Å². The lowest BCUT2D eigenvalue weighted by Crippen LogP contribution is -2.13. The number of thiophene rings is 1. The number of amides is 1. The van der Waals surface area contributed by atoms with Crippen LogP contribution < -0.4 is 15.8 Å². The van der Waals surface area contributed by atoms with Crippen LogP contribution in [0, 0.1) is 0 Å². The molecule has 0 bridgehead atoms. The smallest absolute Gasteiger partial charge is 0.265 e. The minimum absolute atomic E-state index is 0.247. The van der Waals surface area contributed by atoms with Crippen LogP contribution in [0.15, 0.2) is 30.3 Å². The fourth-order valence-corrected chi connectivity index (χ4v) is 2.63. The molecule has 0 unspecified atom stereocenters. The van der Waals surface area contributed by atoms with Crippen LogP contribution in [0.3, 0.4) is 0 Å². The number of ether oxygens (including phenoxy) is 1. The summed E-state index contributed by atoms with van der Waals surface area (Å²) >= 11 is 11.9. The van der Waals surface area contributed by atoms with Crippen LogP contribution in [-0.4, -0.2) is 18.0 Å². The van der Waals surface area contributed by atoms with E-state index in [9.17, 15) is 4.79 Å². The van der Waals surface area contributed by atoms with Gasteiger partial charge in [-0.2, -0.15) is 0 Å². The number of halogens is 1. The molecule has 2 rings (SSSR count). The maximum absolute atomic E-state index is 12.0. The number of hydrogen-bond acceptors (Lipinski definition) is 4. The summed E-state index contributed by atoms with van der Waals surface area (Å²) in [6, 6.07) is 8.44. The minimum atomic E-state index is -0.247. The lowest BCUT2D eigenvalue weighted by Gasteiger charge is -2.11. The number of nitrogens with one attached hydrogen (secondary N) is 1. The van der Waals surface area contributed by atoms with Gasteiger partial charge in [0, 0.05) is 5.56 Å². The second-order valence-electron chi connectivity index (χ2n) is 3.84. The molecule has 1 aromatic heterocycles. The molecule has 1 heterocycles. The van der Waals surface area contributed by atoms with E-state index in [-0.39, 0.29) is 10.9 Å². The van der Waals surface area contributed by atoms with Crippen LogP contribution >= 0.6 is 35.2 Å². The van der Waals surface area contributed by atoms with Crippen molar-refractivity contribution in [1.29, 1.82) is 0 Å². The van der Waals surface area contributed by atoms with Gasteiger partial charge in [0.05, 0.1) is 22.0 Å². The Morgan fingerprint density at radius 2 is 2.15 bits per heavy atom. The van der Waals surface area contributed by atoms with Crippen LogP contribution in [0.25, 0.3) is 0 Å². The first-order valence-corrected chi connectivity index (χ1v) is 7.16. The SMILES string of the molecule is COc1cc(C(N)=S)ccc1NC(=O)c1ccc(Cl)s1. The number of carbonyl (C=O) groups is 1. The highest BCUT2D eigenvalue weighted by Crippen LogP contribution is 2.28. The second-order valence-corrected chi connectivity index (χ2v) is 5.99. The molecule has 0 atom stereocenters. The maximum Gasteiger partial charge on any atom is 0.265 e. The van der Waals surface area contributed by atoms with E-state index in [1.54, 1.807) is 30.3 Å². The van der Waals surface area contributed by atoms with E-state index in [1.807, 2.05) is 0 Å². The van der Waals surface area contributed by atoms with Gasteiger partial charge in [-0.05, 0) is 30.3 Å². The molecule has 0 saturated carbocycles. The molecule has 0 radical (unpaired) electrons. The number of benzene rings is 1. The Morgan fingerprint density at radius 3 is 2.70 bits per heavy atom. The number of methoxy groups -OCH3 is 1. The minimum Gasteiger partial charge on any atom is -0.495 e. The average Bonchev–Trinajstić information content (AvgIpc) is 2.85. The summed E-state index contributed by atoms with van der Waals surface area (Å²) in [5.74, 6) is 0.245. The van der Waals surface area contributed by atoms with Crippen LogP contribution in [0.1, 0.15) is 15.2 Å². The highest BCUT2D eigenvalue weighted by molar-refractivity contribution is 7.80. The third-order valence-corrected chi connectivity index (χ3v) is 4.00. The van der Waals surface area contributed by atoms with E-state index >= 15 is 0 Å². The van der Waals surface area contributed by atoms with Gasteiger partial charge in [0.15, 0.2) is 0 Å². The summed E-state index contributed by atoms with van der Waals surface area (Å²) in [5, 5.41) is 2.76. The van der Waals surface area contributed by atoms with E-state index in [0.717, 1.165) is 0 Å². The monoisotopic (exact) mass is 326 g/mol. The van der Waals surface area contributed by atoms with Gasteiger partial charge in [0.25, 0.3) is 5.91 Å². The van der Waals surface area contributed by atoms with Crippen molar-refractivity contribution in [3.63, 3.8) is 0 Å². The van der Waals surface area contributed by atoms with Crippen molar-refractivity contribution in [2.24, 2.45) is 5.73 Å². The molecule has 104 valence electrons. The molecule has 1 amide bonds. The predicted molar refractivity (Wildman–Crippen MR) is 86.2 cm³/mol. The highest BCUT2D eigenvalue weighted by Gasteiger charge is 2.12. The van der Waals surface area contributed by atoms with Gasteiger partial charge in [-0.15, -0.1) is 11.3 Å². The van der Waals surface area contributed by atoms with E-state index in [2.05, 4.69) is 5.32 Å². The Morgan fingerprint density at radius 1 is 1.40 bits per heavy atom. The fourth-order valence-electron chi connectivity index (χ4n) is 1.57. The molecule has 7 heteroatoms. The van der Waals surface area contributed by atoms with Crippen molar-refractivity contribution in [2.45, 2.75) is 0 Å². The third-order valence-electron chi connectivity index (χ3n) is 2.53. The largest absolute Gasteiger partial charge is 0.495 e. The summed E-state index contributed by atoms with van der Waals surface area (Å²) in [5.41, 5.74) is 6.78. The van der Waals surface area contributed by atoms with E-state index in [0.29, 0.717) is 26.2 Å². The Hall–Kier alpha value is -1.63. The van der Waals surface area contributed by atoms with Gasteiger partial charge in [-0.1, -0.05) is 23.8 Å². The Balaban J connectivity index is 2.25. The molecule has 0 aliphatic rings. The molecule has 20 heavy (non-hydrogen) atoms. The van der Waals surface area contributed by atoms with Crippen molar-refractivity contribution < 1.29 is 9.53 Å². The van der Waals surface area contributed by atoms with Crippen LogP contribution in [0.2, 0.25) is 4.34 Å². The Kier molecular flexibility index (Phi) is 4.59. The molecule has 0 aliphatic heterocycles. The Bertz CT molecular complexity index is 670. The van der Waals surface area contributed by atoms with Crippen molar-refractivity contribution in [3.05, 3.63) is 45.1 Å². The molecular formula is C13H11ClN2O2S2. The zero-order valence-corrected chi connectivity index (χ0v) is 12.9. The number of thiocarbonyl (C=S) groups is 1. The topological polar surface area (TPSA) is 64.3 Å². The number of carbonyl (C=O) groups excluding carboxylic acids is 1. The summed E-state index contributed by atoms with van der Waals surface area (Å²) in [7, 11) is 1.51. The van der Waals surface area contributed by atoms with Crippen molar-refractivity contribution in [1.82, 2.24) is 0 Å². The molecule has 0 aliphatic carbocycles. The van der Waals surface area contributed by atoms with Gasteiger partial charge in [-0.25, -0.2) is 0 Å². The molecule has 0 saturated heterocycles. The van der Waals surface area contributed by atoms with Crippen LogP contribution in [0.4, 0.5) is 5.69 Å². The van der Waals surface area contributed by atoms with Gasteiger partial charge in [0.1, 0.15) is 10.7 Å². The fraction of sp³-hybridized carbons (Fsp3) is 0.0769. The van der Waals surface area contributed by atoms with E-state index in [1.165, 1.54) is 18.4 Å². The molecule has 4 nitrogen and oxygen atoms in total. The number of anilines is 1. The number of nitrogens with two attached hydrogens (primary N) is 1. The standard InChI is InChI=1S/C13H11ClN2O2S2/c1-18-9-6-7(12(15)19)2-3-8(9)16-13(17)10-4-5-11(14)20-10/h2-6H,1H3,(H2,15,19)(H,16,17). The summed E-state index contributed by atoms with van der Waals surface area (Å²) in [4.78, 5) is 12.8. The van der Waals surface area contributed by atoms with E-state index < -0.39 is 0 Å². The molecule has 0 fully saturated rings. The molecule has 0 spiro atoms. The normalized spacial score (nSPS) is 10.1. The quantitative estimate of drug-likeness (QED) is 0.846. The average molecular weight is 327 g/mol. The first-order chi connectivity index (χ1) is 9.51. The van der Waals surface area contributed by atoms with Crippen molar-refractivity contribution >= 4 is 51.7 Å². The van der Waals surface area contributed by atoms with E-state index in [4.69, 9.17) is 34.3 Å². The summed E-state index contributed by atoms with van der Waals surface area (Å²) < 4.78 is 5.79. The van der Waals surface area contributed by atoms with Crippen LogP contribution in [0.5, 0.6) is 5.75 Å². The zero-order valence-electron chi connectivity index (χ0n) is 10.5. The summed E-state index contributed by atoms with van der Waals surface area (Å²) in [6.07, 6.45) is 0. The first kappa shape index (κ1) is 14.8. The summed E-state index contributed by atoms with van der Waals surface area (Å²) in [6.45, 7) is 0. The maximum atomic E-state index is 12.0. The highest BCUT2D eigenvalue weighted by atomic mass is 35.5. The third kappa shape index (κ3) is 3.27. The van der Waals surface area contributed by atoms with Crippen molar-refractivity contribution in [3.8, 4) is 5.75 Å². The second kappa shape index (κ2) is 6.21. The van der Waals surface area contributed by atoms with Crippen molar-refractivity contribution in [2.75, 3.05) is 12.4 Å². The predicted octanol–water partition coefficient (Wildman–Crippen LogP) is 3.30. The Labute approximate surface area is 130 Å². The molecule has 3 N–H and O–H groups in total. The van der Waals surface area contributed by atoms with Gasteiger partial charge >= 0.3 is 0 Å². The van der Waals surface area contributed by atoms with Crippen LogP contribution in [-0.2, 0) is 0 Å². The number of rotatable bonds is 4.